The van der Waals surface area contributed by atoms with Crippen LogP contribution in [0.5, 0.6) is 0 Å². The van der Waals surface area contributed by atoms with Gasteiger partial charge in [-0.25, -0.2) is 0 Å². The van der Waals surface area contributed by atoms with Gasteiger partial charge in [-0.05, 0) is 62.2 Å². The van der Waals surface area contributed by atoms with E-state index in [1.54, 1.807) is 36.0 Å². The maximum Gasteiger partial charge on any atom is 0.241 e. The van der Waals surface area contributed by atoms with Crippen LogP contribution in [0.1, 0.15) is 18.1 Å². The van der Waals surface area contributed by atoms with Crippen molar-refractivity contribution < 1.29 is 4.79 Å². The minimum atomic E-state index is -0.263. The summed E-state index contributed by atoms with van der Waals surface area (Å²) >= 11 is 1.71. The number of hydrogen-bond donors (Lipinski definition) is 1. The summed E-state index contributed by atoms with van der Waals surface area (Å²) < 4.78 is 0. The van der Waals surface area contributed by atoms with E-state index in [9.17, 15) is 4.79 Å². The molecule has 0 fully saturated rings. The highest BCUT2D eigenvalue weighted by atomic mass is 32.2. The summed E-state index contributed by atoms with van der Waals surface area (Å²) in [5.41, 5.74) is 2.45. The Hall–Kier alpha value is -2.29. The molecule has 0 heterocycles. The van der Waals surface area contributed by atoms with Gasteiger partial charge in [-0.15, -0.1) is 11.8 Å². The Morgan fingerprint density at radius 3 is 2.38 bits per heavy atom. The molecular weight excluding hydrogens is 318 g/mol. The molecule has 5 heteroatoms. The molecule has 0 saturated carbocycles. The molecule has 1 N–H and O–H groups in total. The van der Waals surface area contributed by atoms with E-state index < -0.39 is 0 Å². The average Bonchev–Trinajstić information content (AvgIpc) is 2.62. The predicted octanol–water partition coefficient (Wildman–Crippen LogP) is 3.74. The summed E-state index contributed by atoms with van der Waals surface area (Å²) in [6, 6.07) is 17.0. The van der Waals surface area contributed by atoms with Crippen LogP contribution in [-0.4, -0.2) is 30.2 Å². The van der Waals surface area contributed by atoms with Crippen molar-refractivity contribution in [3.63, 3.8) is 0 Å². The fourth-order valence-electron chi connectivity index (χ4n) is 2.23. The van der Waals surface area contributed by atoms with Crippen molar-refractivity contribution in [1.29, 1.82) is 5.26 Å². The Kier molecular flexibility index (Phi) is 6.42. The molecule has 124 valence electrons. The minimum Gasteiger partial charge on any atom is -0.325 e. The Bertz CT molecular complexity index is 720. The van der Waals surface area contributed by atoms with Gasteiger partial charge in [0.15, 0.2) is 0 Å². The van der Waals surface area contributed by atoms with Gasteiger partial charge in [-0.2, -0.15) is 5.26 Å². The number of nitrogens with one attached hydrogen (secondary N) is 1. The number of nitrogens with zero attached hydrogens (tertiary/aromatic N) is 2. The molecule has 0 bridgehead atoms. The van der Waals surface area contributed by atoms with Gasteiger partial charge in [0.05, 0.1) is 17.7 Å². The number of benzene rings is 2. The molecule has 0 aromatic heterocycles. The highest BCUT2D eigenvalue weighted by Crippen LogP contribution is 2.16. The van der Waals surface area contributed by atoms with Crippen molar-refractivity contribution in [3.05, 3.63) is 59.7 Å². The zero-order valence-corrected chi connectivity index (χ0v) is 14.9. The second kappa shape index (κ2) is 8.53. The van der Waals surface area contributed by atoms with E-state index in [2.05, 4.69) is 41.9 Å². The van der Waals surface area contributed by atoms with Gasteiger partial charge >= 0.3 is 0 Å². The topological polar surface area (TPSA) is 56.1 Å². The molecule has 1 atom stereocenters. The van der Waals surface area contributed by atoms with Gasteiger partial charge in [-0.1, -0.05) is 12.1 Å². The number of carbonyl (C=O) groups is 1. The number of nitriles is 1. The van der Waals surface area contributed by atoms with Gasteiger partial charge < -0.3 is 5.32 Å². The summed E-state index contributed by atoms with van der Waals surface area (Å²) in [6.45, 7) is 2.59. The highest BCUT2D eigenvalue weighted by molar-refractivity contribution is 7.98. The van der Waals surface area contributed by atoms with Gasteiger partial charge in [0.25, 0.3) is 0 Å². The van der Waals surface area contributed by atoms with Crippen LogP contribution in [0.15, 0.2) is 53.4 Å². The summed E-state index contributed by atoms with van der Waals surface area (Å²) in [7, 11) is 1.94. The summed E-state index contributed by atoms with van der Waals surface area (Å²) in [4.78, 5) is 15.6. The van der Waals surface area contributed by atoms with Crippen molar-refractivity contribution in [2.24, 2.45) is 0 Å². The molecule has 2 aromatic carbocycles. The molecule has 0 saturated heterocycles. The molecule has 4 nitrogen and oxygen atoms in total. The lowest BCUT2D eigenvalue weighted by atomic mass is 10.1. The van der Waals surface area contributed by atoms with Crippen molar-refractivity contribution >= 4 is 23.4 Å². The largest absolute Gasteiger partial charge is 0.325 e. The van der Waals surface area contributed by atoms with E-state index in [1.807, 2.05) is 18.9 Å². The number of rotatable bonds is 6. The van der Waals surface area contributed by atoms with Gasteiger partial charge in [0.1, 0.15) is 0 Å². The van der Waals surface area contributed by atoms with Crippen LogP contribution in [0.25, 0.3) is 0 Å². The maximum absolute atomic E-state index is 12.4. The van der Waals surface area contributed by atoms with Crippen LogP contribution in [0, 0.1) is 11.3 Å². The first-order chi connectivity index (χ1) is 11.5. The predicted molar refractivity (Wildman–Crippen MR) is 98.9 cm³/mol. The Labute approximate surface area is 147 Å². The highest BCUT2D eigenvalue weighted by Gasteiger charge is 2.18. The third kappa shape index (κ3) is 4.85. The van der Waals surface area contributed by atoms with Crippen LogP contribution in [0.3, 0.4) is 0 Å². The number of carbonyl (C=O) groups excluding carboxylic acids is 1. The normalized spacial score (nSPS) is 11.8. The zero-order chi connectivity index (χ0) is 17.5. The smallest absolute Gasteiger partial charge is 0.241 e. The number of amides is 1. The van der Waals surface area contributed by atoms with E-state index in [4.69, 9.17) is 5.26 Å². The first-order valence-corrected chi connectivity index (χ1v) is 8.90. The maximum atomic E-state index is 12.4. The Morgan fingerprint density at radius 1 is 1.21 bits per heavy atom. The monoisotopic (exact) mass is 339 g/mol. The third-order valence-corrected chi connectivity index (χ3v) is 4.66. The Morgan fingerprint density at radius 2 is 1.83 bits per heavy atom. The lowest BCUT2D eigenvalue weighted by molar-refractivity contribution is -0.120. The van der Waals surface area contributed by atoms with E-state index in [-0.39, 0.29) is 11.9 Å². The molecule has 24 heavy (non-hydrogen) atoms. The van der Waals surface area contributed by atoms with Crippen LogP contribution in [-0.2, 0) is 11.3 Å². The van der Waals surface area contributed by atoms with E-state index in [1.165, 1.54) is 10.5 Å². The van der Waals surface area contributed by atoms with E-state index in [0.717, 1.165) is 0 Å². The summed E-state index contributed by atoms with van der Waals surface area (Å²) in [5, 5.41) is 11.7. The molecular formula is C19H21N3OS. The van der Waals surface area contributed by atoms with Crippen LogP contribution in [0.4, 0.5) is 5.69 Å². The molecule has 0 spiro atoms. The third-order valence-electron chi connectivity index (χ3n) is 3.91. The number of thioether (sulfide) groups is 1. The van der Waals surface area contributed by atoms with Crippen LogP contribution < -0.4 is 5.32 Å². The fourth-order valence-corrected chi connectivity index (χ4v) is 2.64. The lowest BCUT2D eigenvalue weighted by Gasteiger charge is -2.24. The molecule has 0 aliphatic heterocycles. The quantitative estimate of drug-likeness (QED) is 0.815. The number of likely N-dealkylation sites (N-methyl/N-ethyl adjacent to an activating group) is 1. The van der Waals surface area contributed by atoms with Crippen molar-refractivity contribution in [2.45, 2.75) is 24.4 Å². The second-order valence-corrected chi connectivity index (χ2v) is 6.50. The SMILES string of the molecule is CSc1ccc(CN(C)C(C)C(=O)Nc2ccc(C#N)cc2)cc1. The molecule has 1 amide bonds. The first kappa shape index (κ1) is 18.1. The van der Waals surface area contributed by atoms with E-state index in [0.29, 0.717) is 17.8 Å². The molecule has 2 rings (SSSR count). The minimum absolute atomic E-state index is 0.0667. The first-order valence-electron chi connectivity index (χ1n) is 7.67. The Balaban J connectivity index is 1.94. The van der Waals surface area contributed by atoms with Crippen LogP contribution in [0.2, 0.25) is 0 Å². The molecule has 1 unspecified atom stereocenters. The van der Waals surface area contributed by atoms with Gasteiger partial charge in [0.2, 0.25) is 5.91 Å². The van der Waals surface area contributed by atoms with Crippen molar-refractivity contribution in [3.8, 4) is 6.07 Å². The molecule has 0 aliphatic rings. The second-order valence-electron chi connectivity index (χ2n) is 5.62. The van der Waals surface area contributed by atoms with Crippen molar-refractivity contribution in [1.82, 2.24) is 4.90 Å². The lowest BCUT2D eigenvalue weighted by Crippen LogP contribution is -2.39. The molecule has 0 aliphatic carbocycles. The van der Waals surface area contributed by atoms with Crippen LogP contribution >= 0.6 is 11.8 Å². The van der Waals surface area contributed by atoms with Gasteiger partial charge in [-0.3, -0.25) is 9.69 Å². The average molecular weight is 339 g/mol. The fraction of sp³-hybridized carbons (Fsp3) is 0.263. The molecule has 0 radical (unpaired) electrons. The standard InChI is InChI=1S/C19H21N3OS/c1-14(19(23)21-17-8-4-15(12-20)5-9-17)22(2)13-16-6-10-18(24-3)11-7-16/h4-11,14H,13H2,1-3H3,(H,21,23). The van der Waals surface area contributed by atoms with Gasteiger partial charge in [0, 0.05) is 17.1 Å². The zero-order valence-electron chi connectivity index (χ0n) is 14.1. The summed E-state index contributed by atoms with van der Waals surface area (Å²) in [5.74, 6) is -0.0667. The number of anilines is 1. The number of hydrogen-bond acceptors (Lipinski definition) is 4. The van der Waals surface area contributed by atoms with Crippen molar-refractivity contribution in [2.75, 3.05) is 18.6 Å². The summed E-state index contributed by atoms with van der Waals surface area (Å²) in [6.07, 6.45) is 2.05. The van der Waals surface area contributed by atoms with E-state index >= 15 is 0 Å². The molecule has 2 aromatic rings.